The Kier molecular flexibility index (Phi) is 4.81. The normalized spacial score (nSPS) is 10.8. The number of nitrogens with one attached hydrogen (secondary N) is 1. The number of anilines is 2. The summed E-state index contributed by atoms with van der Waals surface area (Å²) in [6.07, 6.45) is 1.18. The van der Waals surface area contributed by atoms with Gasteiger partial charge in [0.1, 0.15) is 0 Å². The molecule has 0 aliphatic carbocycles. The van der Waals surface area contributed by atoms with Crippen LogP contribution in [0.2, 0.25) is 0 Å². The Morgan fingerprint density at radius 1 is 1.17 bits per heavy atom. The molecule has 3 aromatic rings. The molecule has 1 aromatic heterocycles. The van der Waals surface area contributed by atoms with E-state index in [0.717, 1.165) is 33.5 Å². The number of rotatable bonds is 5. The van der Waals surface area contributed by atoms with Gasteiger partial charge in [0, 0.05) is 26.2 Å². The second-order valence-electron chi connectivity index (χ2n) is 6.05. The predicted octanol–water partition coefficient (Wildman–Crippen LogP) is 4.24. The molecule has 0 aliphatic rings. The summed E-state index contributed by atoms with van der Waals surface area (Å²) in [7, 11) is 4.03. The number of carbonyl (C=O) groups is 1. The highest BCUT2D eigenvalue weighted by Gasteiger charge is 2.09. The average molecular weight is 339 g/mol. The van der Waals surface area contributed by atoms with Crippen molar-refractivity contribution in [1.29, 1.82) is 0 Å². The number of para-hydroxylation sites is 1. The number of fused-ring (bicyclic) bond motifs is 1. The van der Waals surface area contributed by atoms with Crippen LogP contribution in [-0.2, 0) is 11.2 Å². The van der Waals surface area contributed by atoms with Gasteiger partial charge in [-0.25, -0.2) is 4.98 Å². The van der Waals surface area contributed by atoms with E-state index in [9.17, 15) is 4.79 Å². The third kappa shape index (κ3) is 3.74. The molecule has 0 atom stereocenters. The maximum Gasteiger partial charge on any atom is 0.226 e. The summed E-state index contributed by atoms with van der Waals surface area (Å²) in [5, 5.41) is 3.59. The smallest absolute Gasteiger partial charge is 0.226 e. The number of thiazole rings is 1. The summed E-state index contributed by atoms with van der Waals surface area (Å²) in [5.74, 6) is 0.00314. The molecule has 3 rings (SSSR count). The van der Waals surface area contributed by atoms with Gasteiger partial charge in [0.25, 0.3) is 0 Å². The van der Waals surface area contributed by atoms with Crippen molar-refractivity contribution in [2.75, 3.05) is 24.3 Å². The molecular formula is C19H21N3OS. The van der Waals surface area contributed by atoms with E-state index in [4.69, 9.17) is 0 Å². The number of nitrogens with zero attached hydrogens (tertiary/aromatic N) is 2. The molecule has 0 saturated carbocycles. The third-order valence-electron chi connectivity index (χ3n) is 3.96. The van der Waals surface area contributed by atoms with Gasteiger partial charge in [-0.15, -0.1) is 0 Å². The van der Waals surface area contributed by atoms with Crippen LogP contribution in [0.5, 0.6) is 0 Å². The summed E-state index contributed by atoms with van der Waals surface area (Å²) in [6.45, 7) is 2.03. The van der Waals surface area contributed by atoms with Crippen LogP contribution in [0.25, 0.3) is 10.2 Å². The molecule has 0 bridgehead atoms. The standard InChI is InChI=1S/C19H21N3OS/c1-13-5-4-6-16-18(13)21-19(24-16)20-17(23)12-9-14-7-10-15(11-8-14)22(2)3/h4-8,10-11H,9,12H2,1-3H3,(H,20,21,23). The van der Waals surface area contributed by atoms with Gasteiger partial charge >= 0.3 is 0 Å². The number of carbonyl (C=O) groups excluding carboxylic acids is 1. The molecule has 0 spiro atoms. The minimum atomic E-state index is 0.00314. The molecule has 1 heterocycles. The molecule has 1 amide bonds. The van der Waals surface area contributed by atoms with E-state index < -0.39 is 0 Å². The highest BCUT2D eigenvalue weighted by molar-refractivity contribution is 7.22. The molecule has 0 radical (unpaired) electrons. The minimum absolute atomic E-state index is 0.00314. The van der Waals surface area contributed by atoms with Crippen LogP contribution in [-0.4, -0.2) is 25.0 Å². The third-order valence-corrected chi connectivity index (χ3v) is 4.90. The van der Waals surface area contributed by atoms with Crippen LogP contribution in [0.4, 0.5) is 10.8 Å². The fourth-order valence-corrected chi connectivity index (χ4v) is 3.50. The lowest BCUT2D eigenvalue weighted by Crippen LogP contribution is -2.12. The lowest BCUT2D eigenvalue weighted by molar-refractivity contribution is -0.116. The van der Waals surface area contributed by atoms with Gasteiger partial charge in [-0.2, -0.15) is 0 Å². The van der Waals surface area contributed by atoms with Crippen LogP contribution in [0.15, 0.2) is 42.5 Å². The highest BCUT2D eigenvalue weighted by Crippen LogP contribution is 2.28. The predicted molar refractivity (Wildman–Crippen MR) is 102 cm³/mol. The lowest BCUT2D eigenvalue weighted by Gasteiger charge is -2.12. The molecule has 2 aromatic carbocycles. The Labute approximate surface area is 146 Å². The quantitative estimate of drug-likeness (QED) is 0.756. The Morgan fingerprint density at radius 3 is 2.58 bits per heavy atom. The van der Waals surface area contributed by atoms with E-state index in [2.05, 4.69) is 39.5 Å². The van der Waals surface area contributed by atoms with Crippen molar-refractivity contribution in [2.24, 2.45) is 0 Å². The number of aromatic nitrogens is 1. The summed E-state index contributed by atoms with van der Waals surface area (Å²) >= 11 is 1.52. The van der Waals surface area contributed by atoms with Crippen LogP contribution in [0.1, 0.15) is 17.5 Å². The van der Waals surface area contributed by atoms with Crippen molar-refractivity contribution in [3.63, 3.8) is 0 Å². The van der Waals surface area contributed by atoms with Crippen LogP contribution < -0.4 is 10.2 Å². The molecule has 24 heavy (non-hydrogen) atoms. The molecule has 5 heteroatoms. The molecular weight excluding hydrogens is 318 g/mol. The minimum Gasteiger partial charge on any atom is -0.378 e. The van der Waals surface area contributed by atoms with Crippen molar-refractivity contribution >= 4 is 38.3 Å². The summed E-state index contributed by atoms with van der Waals surface area (Å²) in [6, 6.07) is 14.4. The van der Waals surface area contributed by atoms with Gasteiger partial charge in [0.05, 0.1) is 10.2 Å². The first kappa shape index (κ1) is 16.5. The van der Waals surface area contributed by atoms with Crippen molar-refractivity contribution < 1.29 is 4.79 Å². The van der Waals surface area contributed by atoms with Gasteiger partial charge in [0.15, 0.2) is 5.13 Å². The number of hydrogen-bond acceptors (Lipinski definition) is 4. The van der Waals surface area contributed by atoms with E-state index in [1.165, 1.54) is 11.3 Å². The molecule has 0 fully saturated rings. The monoisotopic (exact) mass is 339 g/mol. The van der Waals surface area contributed by atoms with E-state index >= 15 is 0 Å². The molecule has 1 N–H and O–H groups in total. The fourth-order valence-electron chi connectivity index (χ4n) is 2.54. The number of aryl methyl sites for hydroxylation is 2. The molecule has 4 nitrogen and oxygen atoms in total. The Balaban J connectivity index is 1.59. The zero-order valence-corrected chi connectivity index (χ0v) is 15.0. The van der Waals surface area contributed by atoms with E-state index in [1.807, 2.05) is 39.2 Å². The van der Waals surface area contributed by atoms with Gasteiger partial charge in [-0.3, -0.25) is 4.79 Å². The average Bonchev–Trinajstić information content (AvgIpc) is 2.97. The number of benzene rings is 2. The van der Waals surface area contributed by atoms with Crippen molar-refractivity contribution in [2.45, 2.75) is 19.8 Å². The fraction of sp³-hybridized carbons (Fsp3) is 0.263. The maximum absolute atomic E-state index is 12.2. The number of hydrogen-bond donors (Lipinski definition) is 1. The summed E-state index contributed by atoms with van der Waals surface area (Å²) < 4.78 is 1.10. The lowest BCUT2D eigenvalue weighted by atomic mass is 10.1. The first-order chi connectivity index (χ1) is 11.5. The molecule has 0 aliphatic heterocycles. The Hall–Kier alpha value is -2.40. The largest absolute Gasteiger partial charge is 0.378 e. The zero-order chi connectivity index (χ0) is 17.1. The van der Waals surface area contributed by atoms with Gasteiger partial charge in [-0.05, 0) is 42.7 Å². The van der Waals surface area contributed by atoms with Crippen LogP contribution in [0.3, 0.4) is 0 Å². The van der Waals surface area contributed by atoms with Crippen molar-refractivity contribution in [3.8, 4) is 0 Å². The van der Waals surface area contributed by atoms with E-state index in [1.54, 1.807) is 0 Å². The summed E-state index contributed by atoms with van der Waals surface area (Å²) in [4.78, 5) is 18.8. The first-order valence-electron chi connectivity index (χ1n) is 7.95. The van der Waals surface area contributed by atoms with E-state index in [0.29, 0.717) is 11.6 Å². The highest BCUT2D eigenvalue weighted by atomic mass is 32.1. The zero-order valence-electron chi connectivity index (χ0n) is 14.2. The van der Waals surface area contributed by atoms with Gasteiger partial charge in [-0.1, -0.05) is 35.6 Å². The molecule has 124 valence electrons. The molecule has 0 saturated heterocycles. The maximum atomic E-state index is 12.2. The van der Waals surface area contributed by atoms with Crippen molar-refractivity contribution in [1.82, 2.24) is 4.98 Å². The van der Waals surface area contributed by atoms with E-state index in [-0.39, 0.29) is 5.91 Å². The second kappa shape index (κ2) is 7.01. The Bertz CT molecular complexity index is 853. The van der Waals surface area contributed by atoms with Gasteiger partial charge in [0.2, 0.25) is 5.91 Å². The summed E-state index contributed by atoms with van der Waals surface area (Å²) in [5.41, 5.74) is 4.42. The number of amides is 1. The van der Waals surface area contributed by atoms with Crippen LogP contribution >= 0.6 is 11.3 Å². The van der Waals surface area contributed by atoms with Crippen LogP contribution in [0, 0.1) is 6.92 Å². The van der Waals surface area contributed by atoms with Crippen molar-refractivity contribution in [3.05, 3.63) is 53.6 Å². The SMILES string of the molecule is Cc1cccc2sc(NC(=O)CCc3ccc(N(C)C)cc3)nc12. The first-order valence-corrected chi connectivity index (χ1v) is 8.77. The molecule has 0 unspecified atom stereocenters. The van der Waals surface area contributed by atoms with Gasteiger partial charge < -0.3 is 10.2 Å². The second-order valence-corrected chi connectivity index (χ2v) is 7.08. The Morgan fingerprint density at radius 2 is 1.92 bits per heavy atom. The topological polar surface area (TPSA) is 45.2 Å².